The Morgan fingerprint density at radius 3 is 2.65 bits per heavy atom. The first-order valence-electron chi connectivity index (χ1n) is 10.4. The van der Waals surface area contributed by atoms with E-state index in [0.717, 1.165) is 17.0 Å². The summed E-state index contributed by atoms with van der Waals surface area (Å²) in [6.07, 6.45) is 1.57. The van der Waals surface area contributed by atoms with Gasteiger partial charge in [-0.05, 0) is 61.0 Å². The first-order chi connectivity index (χ1) is 16.5. The molecule has 0 bridgehead atoms. The number of hydrogen-bond acceptors (Lipinski definition) is 7. The molecule has 0 aliphatic rings. The van der Waals surface area contributed by atoms with Crippen LogP contribution in [0.4, 0.5) is 0 Å². The maximum Gasteiger partial charge on any atom is 0.230 e. The molecule has 176 valence electrons. The Morgan fingerprint density at radius 2 is 1.94 bits per heavy atom. The fraction of sp³-hybridized carbons (Fsp3) is 0.208. The van der Waals surface area contributed by atoms with Crippen LogP contribution in [0.5, 0.6) is 11.5 Å². The number of rotatable bonds is 10. The molecular weight excluding hydrogens is 476 g/mol. The van der Waals surface area contributed by atoms with Crippen molar-refractivity contribution in [1.82, 2.24) is 20.1 Å². The number of halogens is 1. The summed E-state index contributed by atoms with van der Waals surface area (Å²) < 4.78 is 18.2. The molecule has 0 saturated heterocycles. The van der Waals surface area contributed by atoms with Crippen LogP contribution in [-0.2, 0) is 17.9 Å². The number of thioether (sulfide) groups is 1. The molecule has 1 amide bonds. The first-order valence-corrected chi connectivity index (χ1v) is 11.8. The van der Waals surface area contributed by atoms with Crippen LogP contribution in [-0.4, -0.2) is 33.5 Å². The van der Waals surface area contributed by atoms with Gasteiger partial charge in [0.15, 0.2) is 11.0 Å². The second-order valence-corrected chi connectivity index (χ2v) is 8.63. The molecule has 34 heavy (non-hydrogen) atoms. The Labute approximate surface area is 206 Å². The SMILES string of the molecule is COc1ccc(OCc2nnc(SCC(=O)NCc3ccco3)n2-c2ccc(C)c(Cl)c2)cc1. The Morgan fingerprint density at radius 1 is 1.15 bits per heavy atom. The summed E-state index contributed by atoms with van der Waals surface area (Å²) in [6.45, 7) is 2.44. The van der Waals surface area contributed by atoms with Gasteiger partial charge in [0.25, 0.3) is 0 Å². The third-order valence-corrected chi connectivity index (χ3v) is 6.25. The lowest BCUT2D eigenvalue weighted by Crippen LogP contribution is -2.24. The largest absolute Gasteiger partial charge is 0.497 e. The number of methoxy groups -OCH3 is 1. The smallest absolute Gasteiger partial charge is 0.230 e. The molecule has 4 aromatic rings. The number of ether oxygens (including phenoxy) is 2. The molecular formula is C24H23ClN4O4S. The number of amides is 1. The summed E-state index contributed by atoms with van der Waals surface area (Å²) in [7, 11) is 1.61. The molecule has 0 atom stereocenters. The Kier molecular flexibility index (Phi) is 7.76. The van der Waals surface area contributed by atoms with Crippen LogP contribution >= 0.6 is 23.4 Å². The third kappa shape index (κ3) is 5.92. The van der Waals surface area contributed by atoms with Crippen LogP contribution in [0.1, 0.15) is 17.1 Å². The van der Waals surface area contributed by atoms with Crippen LogP contribution < -0.4 is 14.8 Å². The van der Waals surface area contributed by atoms with E-state index in [-0.39, 0.29) is 18.3 Å². The number of nitrogens with one attached hydrogen (secondary N) is 1. The zero-order valence-corrected chi connectivity index (χ0v) is 20.2. The van der Waals surface area contributed by atoms with Crippen molar-refractivity contribution in [2.24, 2.45) is 0 Å². The topological polar surface area (TPSA) is 91.4 Å². The number of benzene rings is 2. The predicted octanol–water partition coefficient (Wildman–Crippen LogP) is 4.82. The fourth-order valence-corrected chi connectivity index (χ4v) is 4.04. The average molecular weight is 499 g/mol. The zero-order chi connectivity index (χ0) is 23.9. The van der Waals surface area contributed by atoms with Crippen LogP contribution in [0, 0.1) is 6.92 Å². The third-order valence-electron chi connectivity index (χ3n) is 4.91. The summed E-state index contributed by atoms with van der Waals surface area (Å²) in [6, 6.07) is 16.6. The lowest BCUT2D eigenvalue weighted by Gasteiger charge is -2.12. The highest BCUT2D eigenvalue weighted by Crippen LogP contribution is 2.26. The van der Waals surface area contributed by atoms with E-state index >= 15 is 0 Å². The molecule has 0 aliphatic heterocycles. The van der Waals surface area contributed by atoms with Crippen molar-refractivity contribution in [3.05, 3.63) is 83.0 Å². The number of carbonyl (C=O) groups is 1. The summed E-state index contributed by atoms with van der Waals surface area (Å²) in [5.41, 5.74) is 1.74. The minimum absolute atomic E-state index is 0.145. The van der Waals surface area contributed by atoms with E-state index in [1.165, 1.54) is 11.8 Å². The van der Waals surface area contributed by atoms with Gasteiger partial charge in [0.05, 0.1) is 31.4 Å². The van der Waals surface area contributed by atoms with Crippen molar-refractivity contribution in [3.63, 3.8) is 0 Å². The molecule has 0 aliphatic carbocycles. The Bertz CT molecular complexity index is 1240. The number of nitrogens with zero attached hydrogens (tertiary/aromatic N) is 3. The van der Waals surface area contributed by atoms with Crippen molar-refractivity contribution < 1.29 is 18.7 Å². The van der Waals surface area contributed by atoms with Gasteiger partial charge >= 0.3 is 0 Å². The average Bonchev–Trinajstić information content (AvgIpc) is 3.52. The minimum Gasteiger partial charge on any atom is -0.497 e. The number of hydrogen-bond donors (Lipinski definition) is 1. The molecule has 4 rings (SSSR count). The van der Waals surface area contributed by atoms with Crippen LogP contribution in [0.15, 0.2) is 70.4 Å². The van der Waals surface area contributed by atoms with E-state index in [9.17, 15) is 4.79 Å². The number of carbonyl (C=O) groups excluding carboxylic acids is 1. The monoisotopic (exact) mass is 498 g/mol. The molecule has 0 saturated carbocycles. The quantitative estimate of drug-likeness (QED) is 0.313. The second kappa shape index (κ2) is 11.1. The first kappa shape index (κ1) is 23.7. The summed E-state index contributed by atoms with van der Waals surface area (Å²) in [5, 5.41) is 12.6. The molecule has 10 heteroatoms. The van der Waals surface area contributed by atoms with Gasteiger partial charge in [-0.25, -0.2) is 0 Å². The fourth-order valence-electron chi connectivity index (χ4n) is 3.07. The normalized spacial score (nSPS) is 10.8. The Balaban J connectivity index is 1.50. The predicted molar refractivity (Wildman–Crippen MR) is 130 cm³/mol. The van der Waals surface area contributed by atoms with Gasteiger partial charge in [0, 0.05) is 5.02 Å². The van der Waals surface area contributed by atoms with Gasteiger partial charge in [0.1, 0.15) is 23.9 Å². The summed E-state index contributed by atoms with van der Waals surface area (Å²) in [5.74, 6) is 2.70. The maximum absolute atomic E-state index is 12.3. The van der Waals surface area contributed by atoms with E-state index in [1.54, 1.807) is 25.5 Å². The number of furan rings is 1. The minimum atomic E-state index is -0.145. The highest BCUT2D eigenvalue weighted by Gasteiger charge is 2.17. The summed E-state index contributed by atoms with van der Waals surface area (Å²) in [4.78, 5) is 12.3. The van der Waals surface area contributed by atoms with Gasteiger partial charge < -0.3 is 19.2 Å². The zero-order valence-electron chi connectivity index (χ0n) is 18.7. The van der Waals surface area contributed by atoms with Crippen LogP contribution in [0.3, 0.4) is 0 Å². The molecule has 2 aromatic heterocycles. The maximum atomic E-state index is 12.3. The molecule has 0 radical (unpaired) electrons. The van der Waals surface area contributed by atoms with Crippen molar-refractivity contribution in [3.8, 4) is 17.2 Å². The molecule has 2 aromatic carbocycles. The van der Waals surface area contributed by atoms with Crippen molar-refractivity contribution in [2.45, 2.75) is 25.2 Å². The van der Waals surface area contributed by atoms with Gasteiger partial charge in [-0.3, -0.25) is 9.36 Å². The van der Waals surface area contributed by atoms with Gasteiger partial charge in [0.2, 0.25) is 5.91 Å². The van der Waals surface area contributed by atoms with Crippen molar-refractivity contribution in [2.75, 3.05) is 12.9 Å². The van der Waals surface area contributed by atoms with E-state index in [1.807, 2.05) is 54.0 Å². The lowest BCUT2D eigenvalue weighted by atomic mass is 10.2. The van der Waals surface area contributed by atoms with E-state index in [0.29, 0.717) is 34.1 Å². The second-order valence-electron chi connectivity index (χ2n) is 7.28. The van der Waals surface area contributed by atoms with Gasteiger partial charge in [-0.15, -0.1) is 10.2 Å². The van der Waals surface area contributed by atoms with Crippen LogP contribution in [0.2, 0.25) is 5.02 Å². The van der Waals surface area contributed by atoms with Crippen molar-refractivity contribution >= 4 is 29.3 Å². The van der Waals surface area contributed by atoms with E-state index < -0.39 is 0 Å². The van der Waals surface area contributed by atoms with Gasteiger partial charge in [-0.1, -0.05) is 29.4 Å². The highest BCUT2D eigenvalue weighted by molar-refractivity contribution is 7.99. The molecule has 8 nitrogen and oxygen atoms in total. The molecule has 0 spiro atoms. The number of aromatic nitrogens is 3. The molecule has 0 fully saturated rings. The van der Waals surface area contributed by atoms with Crippen LogP contribution in [0.25, 0.3) is 5.69 Å². The lowest BCUT2D eigenvalue weighted by molar-refractivity contribution is -0.118. The molecule has 1 N–H and O–H groups in total. The van der Waals surface area contributed by atoms with Crippen molar-refractivity contribution in [1.29, 1.82) is 0 Å². The van der Waals surface area contributed by atoms with E-state index in [2.05, 4.69) is 15.5 Å². The van der Waals surface area contributed by atoms with E-state index in [4.69, 9.17) is 25.5 Å². The molecule has 0 unspecified atom stereocenters. The highest BCUT2D eigenvalue weighted by atomic mass is 35.5. The summed E-state index contributed by atoms with van der Waals surface area (Å²) >= 11 is 7.65. The Hall–Kier alpha value is -3.43. The number of aryl methyl sites for hydroxylation is 1. The standard InChI is InChI=1S/C24H23ClN4O4S/c1-16-5-6-17(12-21(16)25)29-22(14-33-19-9-7-18(31-2)8-10-19)27-28-24(29)34-15-23(30)26-13-20-4-3-11-32-20/h3-12H,13-15H2,1-2H3,(H,26,30). The molecule has 2 heterocycles. The van der Waals surface area contributed by atoms with Gasteiger partial charge in [-0.2, -0.15) is 0 Å².